The van der Waals surface area contributed by atoms with Crippen molar-refractivity contribution in [2.45, 2.75) is 6.92 Å². The number of urea groups is 1. The molecule has 2 aromatic carbocycles. The fourth-order valence-electron chi connectivity index (χ4n) is 2.56. The molecule has 4 amide bonds. The number of methoxy groups -OCH3 is 1. The highest BCUT2D eigenvalue weighted by Crippen LogP contribution is 2.30. The van der Waals surface area contributed by atoms with Gasteiger partial charge in [0.15, 0.2) is 5.92 Å². The molecule has 0 saturated carbocycles. The van der Waals surface area contributed by atoms with Crippen molar-refractivity contribution in [3.63, 3.8) is 0 Å². The number of aliphatic imine (C=N–C) groups is 1. The Labute approximate surface area is 150 Å². The first-order valence-corrected chi connectivity index (χ1v) is 7.94. The summed E-state index contributed by atoms with van der Waals surface area (Å²) in [5, 5.41) is 2.19. The first-order chi connectivity index (χ1) is 12.5. The Morgan fingerprint density at radius 3 is 2.46 bits per heavy atom. The Morgan fingerprint density at radius 2 is 1.77 bits per heavy atom. The Morgan fingerprint density at radius 1 is 1.08 bits per heavy atom. The van der Waals surface area contributed by atoms with E-state index >= 15 is 0 Å². The summed E-state index contributed by atoms with van der Waals surface area (Å²) in [7, 11) is 1.44. The molecular formula is C19H17N3O4. The van der Waals surface area contributed by atoms with Crippen LogP contribution in [0.1, 0.15) is 5.56 Å². The molecule has 1 heterocycles. The molecule has 1 aliphatic rings. The number of para-hydroxylation sites is 2. The summed E-state index contributed by atoms with van der Waals surface area (Å²) in [4.78, 5) is 42.2. The van der Waals surface area contributed by atoms with Crippen LogP contribution in [0.2, 0.25) is 0 Å². The van der Waals surface area contributed by atoms with Crippen molar-refractivity contribution < 1.29 is 19.1 Å². The van der Waals surface area contributed by atoms with Gasteiger partial charge in [0, 0.05) is 6.21 Å². The van der Waals surface area contributed by atoms with Crippen molar-refractivity contribution in [1.29, 1.82) is 0 Å². The standard InChI is InChI=1S/C19H17N3O4/c1-12-7-9-13(10-8-12)20-11-14-17(23)21-19(25)22(18(14)24)15-5-3-4-6-16(15)26-2/h3-11,14H,1-2H3,(H,21,23,25)/t14-/m1/s1. The number of benzene rings is 2. The monoisotopic (exact) mass is 351 g/mol. The van der Waals surface area contributed by atoms with E-state index in [1.807, 2.05) is 19.1 Å². The minimum Gasteiger partial charge on any atom is -0.495 e. The molecule has 0 aliphatic carbocycles. The van der Waals surface area contributed by atoms with Gasteiger partial charge in [-0.25, -0.2) is 9.69 Å². The van der Waals surface area contributed by atoms with E-state index in [-0.39, 0.29) is 5.69 Å². The summed E-state index contributed by atoms with van der Waals surface area (Å²) in [6.45, 7) is 1.95. The highest BCUT2D eigenvalue weighted by atomic mass is 16.5. The summed E-state index contributed by atoms with van der Waals surface area (Å²) in [5.41, 5.74) is 1.94. The predicted molar refractivity (Wildman–Crippen MR) is 96.8 cm³/mol. The van der Waals surface area contributed by atoms with Crippen LogP contribution in [0.3, 0.4) is 0 Å². The van der Waals surface area contributed by atoms with Gasteiger partial charge in [-0.05, 0) is 31.2 Å². The van der Waals surface area contributed by atoms with E-state index in [0.717, 1.165) is 10.5 Å². The van der Waals surface area contributed by atoms with Crippen molar-refractivity contribution >= 4 is 35.4 Å². The van der Waals surface area contributed by atoms with Gasteiger partial charge >= 0.3 is 6.03 Å². The van der Waals surface area contributed by atoms with E-state index < -0.39 is 23.8 Å². The maximum atomic E-state index is 12.8. The Balaban J connectivity index is 1.91. The van der Waals surface area contributed by atoms with Gasteiger partial charge in [-0.15, -0.1) is 0 Å². The molecule has 0 unspecified atom stereocenters. The van der Waals surface area contributed by atoms with E-state index in [1.54, 1.807) is 36.4 Å². The van der Waals surface area contributed by atoms with Crippen LogP contribution >= 0.6 is 0 Å². The number of hydrogen-bond acceptors (Lipinski definition) is 5. The number of amides is 4. The molecule has 7 nitrogen and oxygen atoms in total. The van der Waals surface area contributed by atoms with Crippen LogP contribution in [0.4, 0.5) is 16.2 Å². The second kappa shape index (κ2) is 7.18. The zero-order chi connectivity index (χ0) is 18.7. The molecule has 1 atom stereocenters. The number of nitrogens with zero attached hydrogens (tertiary/aromatic N) is 2. The van der Waals surface area contributed by atoms with Gasteiger partial charge in [0.1, 0.15) is 5.75 Å². The summed E-state index contributed by atoms with van der Waals surface area (Å²) < 4.78 is 5.21. The van der Waals surface area contributed by atoms with Gasteiger partial charge in [-0.1, -0.05) is 29.8 Å². The van der Waals surface area contributed by atoms with Crippen molar-refractivity contribution in [3.8, 4) is 5.75 Å². The first kappa shape index (κ1) is 17.3. The largest absolute Gasteiger partial charge is 0.495 e. The third-order valence-electron chi connectivity index (χ3n) is 3.93. The molecule has 1 aliphatic heterocycles. The SMILES string of the molecule is COc1ccccc1N1C(=O)NC(=O)[C@@H](C=Nc2ccc(C)cc2)C1=O. The van der Waals surface area contributed by atoms with Crippen LogP contribution in [-0.2, 0) is 9.59 Å². The second-order valence-corrected chi connectivity index (χ2v) is 5.73. The van der Waals surface area contributed by atoms with Crippen molar-refractivity contribution in [1.82, 2.24) is 5.32 Å². The van der Waals surface area contributed by atoms with E-state index in [0.29, 0.717) is 11.4 Å². The average Bonchev–Trinajstić information content (AvgIpc) is 2.63. The van der Waals surface area contributed by atoms with Crippen LogP contribution in [-0.4, -0.2) is 31.2 Å². The maximum Gasteiger partial charge on any atom is 0.335 e. The number of nitrogens with one attached hydrogen (secondary N) is 1. The Hall–Kier alpha value is -3.48. The zero-order valence-corrected chi connectivity index (χ0v) is 14.3. The van der Waals surface area contributed by atoms with Crippen LogP contribution in [0.5, 0.6) is 5.75 Å². The smallest absolute Gasteiger partial charge is 0.335 e. The van der Waals surface area contributed by atoms with Gasteiger partial charge in [0.2, 0.25) is 5.91 Å². The number of carbonyl (C=O) groups is 3. The minimum atomic E-state index is -1.21. The molecule has 7 heteroatoms. The number of aryl methyl sites for hydroxylation is 1. The topological polar surface area (TPSA) is 88.1 Å². The molecule has 1 saturated heterocycles. The van der Waals surface area contributed by atoms with Crippen LogP contribution in [0, 0.1) is 12.8 Å². The number of anilines is 1. The lowest BCUT2D eigenvalue weighted by Crippen LogP contribution is -2.58. The molecular weight excluding hydrogens is 334 g/mol. The molecule has 1 N–H and O–H groups in total. The number of imide groups is 2. The lowest BCUT2D eigenvalue weighted by Gasteiger charge is -2.29. The number of ether oxygens (including phenoxy) is 1. The van der Waals surface area contributed by atoms with Crippen molar-refractivity contribution in [2.75, 3.05) is 12.0 Å². The Bertz CT molecular complexity index is 890. The van der Waals surface area contributed by atoms with Crippen LogP contribution in [0.25, 0.3) is 0 Å². The number of rotatable bonds is 4. The molecule has 0 bridgehead atoms. The maximum absolute atomic E-state index is 12.8. The fourth-order valence-corrected chi connectivity index (χ4v) is 2.56. The molecule has 0 radical (unpaired) electrons. The highest BCUT2D eigenvalue weighted by Gasteiger charge is 2.41. The summed E-state index contributed by atoms with van der Waals surface area (Å²) in [6.07, 6.45) is 1.25. The van der Waals surface area contributed by atoms with Gasteiger partial charge < -0.3 is 4.74 Å². The minimum absolute atomic E-state index is 0.263. The molecule has 0 aromatic heterocycles. The van der Waals surface area contributed by atoms with E-state index in [9.17, 15) is 14.4 Å². The molecule has 26 heavy (non-hydrogen) atoms. The quantitative estimate of drug-likeness (QED) is 0.677. The molecule has 0 spiro atoms. The lowest BCUT2D eigenvalue weighted by molar-refractivity contribution is -0.131. The summed E-state index contributed by atoms with van der Waals surface area (Å²) in [5.74, 6) is -2.25. The summed E-state index contributed by atoms with van der Waals surface area (Å²) in [6, 6.07) is 13.1. The molecule has 3 rings (SSSR count). The van der Waals surface area contributed by atoms with E-state index in [1.165, 1.54) is 13.3 Å². The number of carbonyl (C=O) groups excluding carboxylic acids is 3. The molecule has 132 valence electrons. The number of hydrogen-bond donors (Lipinski definition) is 1. The lowest BCUT2D eigenvalue weighted by atomic mass is 10.1. The molecule has 1 fully saturated rings. The van der Waals surface area contributed by atoms with Gasteiger partial charge in [-0.2, -0.15) is 0 Å². The second-order valence-electron chi connectivity index (χ2n) is 5.73. The molecule has 2 aromatic rings. The first-order valence-electron chi connectivity index (χ1n) is 7.94. The third-order valence-corrected chi connectivity index (χ3v) is 3.93. The number of barbiturate groups is 1. The van der Waals surface area contributed by atoms with Crippen molar-refractivity contribution in [2.24, 2.45) is 10.9 Å². The van der Waals surface area contributed by atoms with E-state index in [4.69, 9.17) is 4.74 Å². The Kier molecular flexibility index (Phi) is 4.79. The highest BCUT2D eigenvalue weighted by molar-refractivity contribution is 6.33. The van der Waals surface area contributed by atoms with Gasteiger partial charge in [0.25, 0.3) is 5.91 Å². The average molecular weight is 351 g/mol. The summed E-state index contributed by atoms with van der Waals surface area (Å²) >= 11 is 0. The van der Waals surface area contributed by atoms with Crippen LogP contribution < -0.4 is 15.0 Å². The van der Waals surface area contributed by atoms with Gasteiger partial charge in [0.05, 0.1) is 18.5 Å². The zero-order valence-electron chi connectivity index (χ0n) is 14.3. The predicted octanol–water partition coefficient (Wildman–Crippen LogP) is 2.61. The van der Waals surface area contributed by atoms with E-state index in [2.05, 4.69) is 10.3 Å². The van der Waals surface area contributed by atoms with Crippen LogP contribution in [0.15, 0.2) is 53.5 Å². The third kappa shape index (κ3) is 3.32. The van der Waals surface area contributed by atoms with Crippen molar-refractivity contribution in [3.05, 3.63) is 54.1 Å². The normalized spacial score (nSPS) is 17.5. The fraction of sp³-hybridized carbons (Fsp3) is 0.158. The van der Waals surface area contributed by atoms with Gasteiger partial charge in [-0.3, -0.25) is 19.9 Å².